The van der Waals surface area contributed by atoms with Crippen LogP contribution in [0, 0.1) is 0 Å². The number of H-pyrrole nitrogens is 2. The second-order valence-electron chi connectivity index (χ2n) is 8.08. The summed E-state index contributed by atoms with van der Waals surface area (Å²) in [6.45, 7) is 0. The first kappa shape index (κ1) is 25.9. The molecular formula is C24H21F3N8O3. The van der Waals surface area contributed by atoms with Gasteiger partial charge in [0.1, 0.15) is 11.6 Å². The van der Waals surface area contributed by atoms with Gasteiger partial charge in [-0.1, -0.05) is 12.1 Å². The number of alkyl halides is 3. The molecule has 0 aliphatic heterocycles. The van der Waals surface area contributed by atoms with Gasteiger partial charge in [0.25, 0.3) is 5.91 Å². The van der Waals surface area contributed by atoms with E-state index in [1.54, 1.807) is 30.5 Å². The molecule has 0 unspecified atom stereocenters. The van der Waals surface area contributed by atoms with Crippen molar-refractivity contribution in [1.29, 1.82) is 0 Å². The van der Waals surface area contributed by atoms with Gasteiger partial charge in [0, 0.05) is 24.0 Å². The Morgan fingerprint density at radius 3 is 2.18 bits per heavy atom. The minimum absolute atomic E-state index is 0.0702. The molecule has 0 saturated carbocycles. The van der Waals surface area contributed by atoms with Crippen LogP contribution >= 0.6 is 0 Å². The Morgan fingerprint density at radius 2 is 1.58 bits per heavy atom. The molecule has 4 rings (SSSR count). The molecule has 7 N–H and O–H groups in total. The molecule has 2 aromatic heterocycles. The highest BCUT2D eigenvalue weighted by molar-refractivity contribution is 6.04. The van der Waals surface area contributed by atoms with Crippen molar-refractivity contribution in [3.05, 3.63) is 89.4 Å². The van der Waals surface area contributed by atoms with Crippen molar-refractivity contribution in [3.63, 3.8) is 0 Å². The minimum atomic E-state index is -4.50. The zero-order valence-corrected chi connectivity index (χ0v) is 19.5. The topological polar surface area (TPSA) is 171 Å². The summed E-state index contributed by atoms with van der Waals surface area (Å²) in [7, 11) is 0. The molecule has 0 radical (unpaired) electrons. The van der Waals surface area contributed by atoms with Crippen molar-refractivity contribution >= 4 is 35.0 Å². The normalized spacial score (nSPS) is 11.1. The van der Waals surface area contributed by atoms with Gasteiger partial charge in [-0.25, -0.2) is 14.8 Å². The fraction of sp³-hybridized carbons (Fsp3) is 0.125. The first-order valence-corrected chi connectivity index (χ1v) is 11.1. The molecule has 2 aromatic carbocycles. The van der Waals surface area contributed by atoms with Crippen LogP contribution in [-0.4, -0.2) is 37.8 Å². The summed E-state index contributed by atoms with van der Waals surface area (Å²) in [6.07, 6.45) is -1.02. The number of nitrogens with zero attached hydrogens (tertiary/aromatic N) is 2. The molecule has 38 heavy (non-hydrogen) atoms. The molecule has 2 heterocycles. The molecule has 0 saturated heterocycles. The number of hydrogen-bond donors (Lipinski definition) is 6. The Hall–Kier alpha value is -5.14. The number of hydrogen-bond acceptors (Lipinski definition) is 5. The number of rotatable bonds is 8. The lowest BCUT2D eigenvalue weighted by molar-refractivity contribution is -0.137. The number of primary amides is 1. The molecule has 11 nitrogen and oxygen atoms in total. The Balaban J connectivity index is 1.37. The second-order valence-corrected chi connectivity index (χ2v) is 8.08. The number of anilines is 3. The van der Waals surface area contributed by atoms with Crippen LogP contribution in [0.3, 0.4) is 0 Å². The molecule has 4 aromatic rings. The fourth-order valence-corrected chi connectivity index (χ4v) is 3.45. The van der Waals surface area contributed by atoms with Crippen LogP contribution in [0.5, 0.6) is 0 Å². The highest BCUT2D eigenvalue weighted by Crippen LogP contribution is 2.29. The lowest BCUT2D eigenvalue weighted by atomic mass is 10.1. The van der Waals surface area contributed by atoms with Gasteiger partial charge in [-0.3, -0.25) is 14.9 Å². The van der Waals surface area contributed by atoms with Crippen LogP contribution in [-0.2, 0) is 23.8 Å². The SMILES string of the molecule is NC(=O)c1nc(Cc2ccc(NC(=O)Cc3c[nH]cn3)cc2)[nH]c1NC(=O)Nc1ccc(C(F)(F)F)cc1. The lowest BCUT2D eigenvalue weighted by Crippen LogP contribution is -2.22. The van der Waals surface area contributed by atoms with Crippen LogP contribution in [0.2, 0.25) is 0 Å². The van der Waals surface area contributed by atoms with E-state index < -0.39 is 23.7 Å². The third-order valence-corrected chi connectivity index (χ3v) is 5.20. The number of carbonyl (C=O) groups is 3. The average Bonchev–Trinajstić information content (AvgIpc) is 3.50. The van der Waals surface area contributed by atoms with Crippen molar-refractivity contribution in [1.82, 2.24) is 19.9 Å². The van der Waals surface area contributed by atoms with E-state index in [4.69, 9.17) is 5.73 Å². The smallest absolute Gasteiger partial charge is 0.364 e. The lowest BCUT2D eigenvalue weighted by Gasteiger charge is -2.09. The van der Waals surface area contributed by atoms with Crippen LogP contribution in [0.15, 0.2) is 61.1 Å². The van der Waals surface area contributed by atoms with Crippen LogP contribution < -0.4 is 21.7 Å². The third kappa shape index (κ3) is 6.75. The van der Waals surface area contributed by atoms with E-state index in [2.05, 4.69) is 35.9 Å². The largest absolute Gasteiger partial charge is 0.416 e. The summed E-state index contributed by atoms with van der Waals surface area (Å²) in [6, 6.07) is 9.93. The summed E-state index contributed by atoms with van der Waals surface area (Å²) < 4.78 is 38.1. The Kier molecular flexibility index (Phi) is 7.41. The predicted molar refractivity (Wildman–Crippen MR) is 131 cm³/mol. The van der Waals surface area contributed by atoms with E-state index in [9.17, 15) is 27.6 Å². The van der Waals surface area contributed by atoms with Gasteiger partial charge in [0.2, 0.25) is 5.91 Å². The number of urea groups is 1. The fourth-order valence-electron chi connectivity index (χ4n) is 3.45. The van der Waals surface area contributed by atoms with Gasteiger partial charge in [-0.05, 0) is 42.0 Å². The molecule has 0 fully saturated rings. The zero-order chi connectivity index (χ0) is 27.3. The highest BCUT2D eigenvalue weighted by atomic mass is 19.4. The monoisotopic (exact) mass is 526 g/mol. The molecule has 0 spiro atoms. The van der Waals surface area contributed by atoms with Crippen LogP contribution in [0.4, 0.5) is 35.2 Å². The van der Waals surface area contributed by atoms with Gasteiger partial charge >= 0.3 is 12.2 Å². The summed E-state index contributed by atoms with van der Waals surface area (Å²) in [4.78, 5) is 50.0. The maximum Gasteiger partial charge on any atom is 0.416 e. The number of carbonyl (C=O) groups excluding carboxylic acids is 3. The standard InChI is InChI=1S/C24H21F3N8O3/c25-24(26,27)14-3-7-16(8-4-14)32-23(38)35-22-20(21(28)37)33-18(34-22)9-13-1-5-15(6-2-13)31-19(36)10-17-11-29-12-30-17/h1-8,11-12H,9-10H2,(H2,28,37)(H,29,30)(H,31,36)(H,33,34)(H2,32,35,38). The molecule has 14 heteroatoms. The number of imidazole rings is 2. The van der Waals surface area contributed by atoms with Crippen molar-refractivity contribution < 1.29 is 27.6 Å². The number of halogens is 3. The highest BCUT2D eigenvalue weighted by Gasteiger charge is 2.30. The summed E-state index contributed by atoms with van der Waals surface area (Å²) in [5.74, 6) is -0.877. The van der Waals surface area contributed by atoms with Crippen molar-refractivity contribution in [2.75, 3.05) is 16.0 Å². The summed E-state index contributed by atoms with van der Waals surface area (Å²) in [5.41, 5.74) is 6.37. The molecule has 0 atom stereocenters. The maximum absolute atomic E-state index is 12.7. The average molecular weight is 526 g/mol. The molecule has 0 aliphatic carbocycles. The van der Waals surface area contributed by atoms with E-state index in [1.807, 2.05) is 0 Å². The molecular weight excluding hydrogens is 505 g/mol. The van der Waals surface area contributed by atoms with Crippen molar-refractivity contribution in [2.24, 2.45) is 5.73 Å². The molecule has 4 amide bonds. The van der Waals surface area contributed by atoms with Gasteiger partial charge in [0.05, 0.1) is 24.0 Å². The van der Waals surface area contributed by atoms with Crippen molar-refractivity contribution in [2.45, 2.75) is 19.0 Å². The number of aromatic nitrogens is 4. The van der Waals surface area contributed by atoms with E-state index >= 15 is 0 Å². The Bertz CT molecular complexity index is 1430. The molecule has 196 valence electrons. The van der Waals surface area contributed by atoms with Gasteiger partial charge in [-0.2, -0.15) is 13.2 Å². The van der Waals surface area contributed by atoms with Crippen LogP contribution in [0.25, 0.3) is 0 Å². The quantitative estimate of drug-likeness (QED) is 0.205. The number of nitrogens with two attached hydrogens (primary N) is 1. The molecule has 0 bridgehead atoms. The summed E-state index contributed by atoms with van der Waals surface area (Å²) in [5, 5.41) is 7.53. The van der Waals surface area contributed by atoms with Crippen LogP contribution in [0.1, 0.15) is 33.1 Å². The first-order chi connectivity index (χ1) is 18.1. The predicted octanol–water partition coefficient (Wildman–Crippen LogP) is 3.67. The van der Waals surface area contributed by atoms with Gasteiger partial charge in [-0.15, -0.1) is 0 Å². The van der Waals surface area contributed by atoms with Crippen molar-refractivity contribution in [3.8, 4) is 0 Å². The number of benzene rings is 2. The van der Waals surface area contributed by atoms with E-state index in [1.165, 1.54) is 6.33 Å². The minimum Gasteiger partial charge on any atom is -0.364 e. The Morgan fingerprint density at radius 1 is 0.921 bits per heavy atom. The zero-order valence-electron chi connectivity index (χ0n) is 19.5. The second kappa shape index (κ2) is 10.9. The van der Waals surface area contributed by atoms with E-state index in [-0.39, 0.29) is 35.9 Å². The molecule has 0 aliphatic rings. The number of aromatic amines is 2. The van der Waals surface area contributed by atoms with E-state index in [0.717, 1.165) is 29.8 Å². The van der Waals surface area contributed by atoms with E-state index in [0.29, 0.717) is 17.2 Å². The Labute approximate surface area is 213 Å². The third-order valence-electron chi connectivity index (χ3n) is 5.20. The number of nitrogens with one attached hydrogen (secondary N) is 5. The summed E-state index contributed by atoms with van der Waals surface area (Å²) >= 11 is 0. The van der Waals surface area contributed by atoms with Gasteiger partial charge in [0.15, 0.2) is 5.69 Å². The first-order valence-electron chi connectivity index (χ1n) is 11.1. The maximum atomic E-state index is 12.7. The number of amides is 4. The van der Waals surface area contributed by atoms with Gasteiger partial charge < -0.3 is 26.3 Å².